The monoisotopic (exact) mass is 412 g/mol. The second-order valence-electron chi connectivity index (χ2n) is 6.04. The lowest BCUT2D eigenvalue weighted by atomic mass is 10.2. The van der Waals surface area contributed by atoms with Crippen LogP contribution in [0, 0.1) is 23.7 Å². The highest BCUT2D eigenvalue weighted by molar-refractivity contribution is 6.18. The van der Waals surface area contributed by atoms with E-state index >= 15 is 0 Å². The minimum absolute atomic E-state index is 0.406. The molecule has 0 atom stereocenters. The molecule has 0 saturated heterocycles. The van der Waals surface area contributed by atoms with Gasteiger partial charge in [-0.25, -0.2) is 4.98 Å². The van der Waals surface area contributed by atoms with Crippen LogP contribution in [0.1, 0.15) is 16.8 Å². The largest absolute Gasteiger partial charge is 0.340 e. The molecule has 0 amide bonds. The fourth-order valence-electron chi connectivity index (χ4n) is 2.83. The summed E-state index contributed by atoms with van der Waals surface area (Å²) in [6.45, 7) is 1.95. The lowest BCUT2D eigenvalue weighted by Gasteiger charge is -2.20. The Morgan fingerprint density at radius 1 is 1.21 bits per heavy atom. The highest BCUT2D eigenvalue weighted by Gasteiger charge is 2.14. The molecule has 3 rings (SSSR count). The number of hydrogen-bond donors (Lipinski definition) is 1. The van der Waals surface area contributed by atoms with E-state index < -0.39 is 0 Å². The van der Waals surface area contributed by atoms with Gasteiger partial charge in [-0.1, -0.05) is 12.0 Å². The third-order valence-corrected chi connectivity index (χ3v) is 4.47. The van der Waals surface area contributed by atoms with E-state index in [1.807, 2.05) is 30.3 Å². The summed E-state index contributed by atoms with van der Waals surface area (Å²) >= 11 is 11.8. The van der Waals surface area contributed by atoms with Gasteiger partial charge in [0.2, 0.25) is 0 Å². The van der Waals surface area contributed by atoms with Crippen molar-refractivity contribution in [1.29, 1.82) is 5.26 Å². The van der Waals surface area contributed by atoms with Gasteiger partial charge >= 0.3 is 0 Å². The van der Waals surface area contributed by atoms with Gasteiger partial charge in [0.25, 0.3) is 0 Å². The van der Waals surface area contributed by atoms with Crippen LogP contribution < -0.4 is 5.32 Å². The average Bonchev–Trinajstić information content (AvgIpc) is 3.12. The molecular weight excluding hydrogens is 395 g/mol. The summed E-state index contributed by atoms with van der Waals surface area (Å²) in [5.41, 5.74) is 3.27. The van der Waals surface area contributed by atoms with E-state index in [4.69, 9.17) is 29.6 Å². The van der Waals surface area contributed by atoms with E-state index in [-0.39, 0.29) is 0 Å². The maximum absolute atomic E-state index is 9.38. The van der Waals surface area contributed by atoms with Gasteiger partial charge < -0.3 is 5.32 Å². The second kappa shape index (κ2) is 9.43. The Morgan fingerprint density at radius 2 is 2.00 bits per heavy atom. The molecule has 0 fully saturated rings. The smallest absolute Gasteiger partial charge is 0.175 e. The predicted octanol–water partition coefficient (Wildman–Crippen LogP) is 3.61. The fourth-order valence-corrected chi connectivity index (χ4v) is 3.31. The Balaban J connectivity index is 2.01. The Morgan fingerprint density at radius 3 is 2.68 bits per heavy atom. The van der Waals surface area contributed by atoms with Crippen LogP contribution in [0.25, 0.3) is 5.65 Å². The summed E-state index contributed by atoms with van der Waals surface area (Å²) < 4.78 is 1.61. The first kappa shape index (κ1) is 20.0. The molecule has 8 heteroatoms. The molecule has 1 N–H and O–H groups in total. The van der Waals surface area contributed by atoms with Crippen LogP contribution in [0.15, 0.2) is 36.5 Å². The van der Waals surface area contributed by atoms with E-state index in [2.05, 4.69) is 32.3 Å². The van der Waals surface area contributed by atoms with Crippen molar-refractivity contribution < 1.29 is 0 Å². The summed E-state index contributed by atoms with van der Waals surface area (Å²) in [5.74, 6) is 4.31. The van der Waals surface area contributed by atoms with Crippen molar-refractivity contribution in [2.45, 2.75) is 6.54 Å². The Hall–Kier alpha value is -2.77. The van der Waals surface area contributed by atoms with Crippen LogP contribution in [-0.4, -0.2) is 44.3 Å². The molecular formula is C20H18Cl2N6. The SMILES string of the molecule is C#Cc1cccc(Nc2cc(CN(CCCl)CCCl)nc3c(C#N)cnn23)c1. The molecule has 0 bridgehead atoms. The quantitative estimate of drug-likeness (QED) is 0.452. The van der Waals surface area contributed by atoms with Crippen molar-refractivity contribution in [3.05, 3.63) is 53.3 Å². The third-order valence-electron chi connectivity index (χ3n) is 4.13. The van der Waals surface area contributed by atoms with Crippen LogP contribution in [0.5, 0.6) is 0 Å². The number of anilines is 2. The van der Waals surface area contributed by atoms with Gasteiger partial charge in [0.1, 0.15) is 17.5 Å². The highest BCUT2D eigenvalue weighted by Crippen LogP contribution is 2.21. The standard InChI is InChI=1S/C20H18Cl2N6/c1-2-15-4-3-5-17(10-15)25-19-11-18(14-27(8-6-21)9-7-22)26-20-16(12-23)13-24-28(19)20/h1,3-5,10-11,13,25H,6-9,14H2. The number of rotatable bonds is 8. The zero-order chi connectivity index (χ0) is 19.9. The van der Waals surface area contributed by atoms with E-state index in [0.29, 0.717) is 48.4 Å². The molecule has 2 aromatic heterocycles. The van der Waals surface area contributed by atoms with Crippen LogP contribution in [0.2, 0.25) is 0 Å². The van der Waals surface area contributed by atoms with Gasteiger partial charge in [0.15, 0.2) is 5.65 Å². The van der Waals surface area contributed by atoms with Gasteiger partial charge in [0, 0.05) is 48.7 Å². The molecule has 0 aliphatic heterocycles. The maximum Gasteiger partial charge on any atom is 0.175 e. The van der Waals surface area contributed by atoms with E-state index in [0.717, 1.165) is 16.9 Å². The molecule has 3 aromatic rings. The van der Waals surface area contributed by atoms with Crippen molar-refractivity contribution in [3.63, 3.8) is 0 Å². The number of nitrogens with zero attached hydrogens (tertiary/aromatic N) is 5. The topological polar surface area (TPSA) is 69.2 Å². The normalized spacial score (nSPS) is 10.8. The molecule has 28 heavy (non-hydrogen) atoms. The molecule has 0 aliphatic carbocycles. The van der Waals surface area contributed by atoms with Gasteiger partial charge in [-0.2, -0.15) is 14.9 Å². The number of hydrogen-bond acceptors (Lipinski definition) is 5. The lowest BCUT2D eigenvalue weighted by Crippen LogP contribution is -2.28. The number of nitrogens with one attached hydrogen (secondary N) is 1. The number of nitriles is 1. The summed E-state index contributed by atoms with van der Waals surface area (Å²) in [5, 5.41) is 17.0. The molecule has 0 unspecified atom stereocenters. The maximum atomic E-state index is 9.38. The van der Waals surface area contributed by atoms with Crippen LogP contribution in [0.3, 0.4) is 0 Å². The Labute approximate surface area is 173 Å². The van der Waals surface area contributed by atoms with Crippen molar-refractivity contribution in [2.75, 3.05) is 30.2 Å². The lowest BCUT2D eigenvalue weighted by molar-refractivity contribution is 0.296. The Bertz CT molecular complexity index is 1040. The molecule has 1 aromatic carbocycles. The summed E-state index contributed by atoms with van der Waals surface area (Å²) in [6.07, 6.45) is 7.00. The van der Waals surface area contributed by atoms with Crippen LogP contribution in [0.4, 0.5) is 11.5 Å². The molecule has 2 heterocycles. The van der Waals surface area contributed by atoms with E-state index in [9.17, 15) is 5.26 Å². The average molecular weight is 413 g/mol. The van der Waals surface area contributed by atoms with E-state index in [1.165, 1.54) is 6.20 Å². The van der Waals surface area contributed by atoms with Crippen molar-refractivity contribution >= 4 is 40.4 Å². The third kappa shape index (κ3) is 4.55. The summed E-state index contributed by atoms with van der Waals surface area (Å²) in [4.78, 5) is 6.74. The molecule has 6 nitrogen and oxygen atoms in total. The van der Waals surface area contributed by atoms with Gasteiger partial charge in [-0.3, -0.25) is 4.90 Å². The number of terminal acetylenes is 1. The molecule has 0 aliphatic rings. The number of halogens is 2. The first-order chi connectivity index (χ1) is 13.7. The highest BCUT2D eigenvalue weighted by atomic mass is 35.5. The fraction of sp³-hybridized carbons (Fsp3) is 0.250. The zero-order valence-electron chi connectivity index (χ0n) is 15.1. The molecule has 0 radical (unpaired) electrons. The Kier molecular flexibility index (Phi) is 6.73. The van der Waals surface area contributed by atoms with Crippen molar-refractivity contribution in [1.82, 2.24) is 19.5 Å². The van der Waals surface area contributed by atoms with Gasteiger partial charge in [-0.05, 0) is 18.2 Å². The molecule has 142 valence electrons. The zero-order valence-corrected chi connectivity index (χ0v) is 16.6. The summed E-state index contributed by atoms with van der Waals surface area (Å²) in [7, 11) is 0. The van der Waals surface area contributed by atoms with E-state index in [1.54, 1.807) is 4.52 Å². The van der Waals surface area contributed by atoms with Crippen molar-refractivity contribution in [3.8, 4) is 18.4 Å². The molecule has 0 spiro atoms. The van der Waals surface area contributed by atoms with Crippen LogP contribution in [-0.2, 0) is 6.54 Å². The first-order valence-electron chi connectivity index (χ1n) is 8.64. The number of benzene rings is 1. The summed E-state index contributed by atoms with van der Waals surface area (Å²) in [6, 6.07) is 11.6. The van der Waals surface area contributed by atoms with Crippen molar-refractivity contribution in [2.24, 2.45) is 0 Å². The van der Waals surface area contributed by atoms with Gasteiger partial charge in [0.05, 0.1) is 11.9 Å². The number of aromatic nitrogens is 3. The predicted molar refractivity (Wildman–Crippen MR) is 112 cm³/mol. The first-order valence-corrected chi connectivity index (χ1v) is 9.71. The minimum atomic E-state index is 0.406. The second-order valence-corrected chi connectivity index (χ2v) is 6.80. The number of alkyl halides is 2. The van der Waals surface area contributed by atoms with Gasteiger partial charge in [-0.15, -0.1) is 29.6 Å². The number of fused-ring (bicyclic) bond motifs is 1. The van der Waals surface area contributed by atoms with Crippen LogP contribution >= 0.6 is 23.2 Å². The minimum Gasteiger partial charge on any atom is -0.340 e. The molecule has 0 saturated carbocycles.